The third-order valence-electron chi connectivity index (χ3n) is 2.95. The number of aromatic nitrogens is 2. The van der Waals surface area contributed by atoms with E-state index in [1.807, 2.05) is 0 Å². The molecule has 8 heteroatoms. The first-order valence-corrected chi connectivity index (χ1v) is 6.10. The second-order valence-corrected chi connectivity index (χ2v) is 4.26. The molecule has 1 aliphatic rings. The van der Waals surface area contributed by atoms with Gasteiger partial charge in [0.2, 0.25) is 5.95 Å². The zero-order valence-corrected chi connectivity index (χ0v) is 10.7. The Kier molecular flexibility index (Phi) is 4.45. The molecule has 1 aromatic heterocycles. The van der Waals surface area contributed by atoms with Gasteiger partial charge >= 0.3 is 5.69 Å². The number of ether oxygens (including phenoxy) is 2. The van der Waals surface area contributed by atoms with Crippen molar-refractivity contribution in [3.05, 3.63) is 16.3 Å². The molecule has 104 valence electrons. The van der Waals surface area contributed by atoms with E-state index in [0.29, 0.717) is 31.7 Å². The fourth-order valence-corrected chi connectivity index (χ4v) is 1.82. The first kappa shape index (κ1) is 13.5. The molecule has 0 spiro atoms. The zero-order valence-electron chi connectivity index (χ0n) is 10.7. The molecule has 8 nitrogen and oxygen atoms in total. The van der Waals surface area contributed by atoms with Crippen LogP contribution in [0.5, 0.6) is 5.88 Å². The van der Waals surface area contributed by atoms with Crippen LogP contribution in [0.3, 0.4) is 0 Å². The molecule has 0 amide bonds. The van der Waals surface area contributed by atoms with Crippen molar-refractivity contribution in [2.45, 2.75) is 12.8 Å². The number of nitro groups is 1. The van der Waals surface area contributed by atoms with Crippen LogP contribution in [-0.2, 0) is 4.74 Å². The molecule has 1 aromatic rings. The largest absolute Gasteiger partial charge is 0.472 e. The summed E-state index contributed by atoms with van der Waals surface area (Å²) < 4.78 is 10.7. The van der Waals surface area contributed by atoms with Crippen LogP contribution in [0.15, 0.2) is 6.20 Å². The van der Waals surface area contributed by atoms with E-state index >= 15 is 0 Å². The standard InChI is InChI=1S/C11H16N4O4/c1-12-11-13-6-9(15(16)17)10(14-11)19-7-8-2-4-18-5-3-8/h6,8H,2-5,7H2,1H3,(H,12,13,14). The van der Waals surface area contributed by atoms with Gasteiger partial charge in [0.05, 0.1) is 11.5 Å². The zero-order chi connectivity index (χ0) is 13.7. The maximum absolute atomic E-state index is 10.9. The van der Waals surface area contributed by atoms with Gasteiger partial charge in [-0.25, -0.2) is 4.98 Å². The van der Waals surface area contributed by atoms with Crippen LogP contribution >= 0.6 is 0 Å². The van der Waals surface area contributed by atoms with Crippen LogP contribution in [0.25, 0.3) is 0 Å². The van der Waals surface area contributed by atoms with Gasteiger partial charge in [0.25, 0.3) is 5.88 Å². The third kappa shape index (κ3) is 3.50. The van der Waals surface area contributed by atoms with E-state index in [1.54, 1.807) is 7.05 Å². The lowest BCUT2D eigenvalue weighted by atomic mass is 10.0. The molecule has 19 heavy (non-hydrogen) atoms. The van der Waals surface area contributed by atoms with Crippen molar-refractivity contribution in [3.63, 3.8) is 0 Å². The van der Waals surface area contributed by atoms with Crippen molar-refractivity contribution >= 4 is 11.6 Å². The van der Waals surface area contributed by atoms with E-state index in [-0.39, 0.29) is 11.6 Å². The fraction of sp³-hybridized carbons (Fsp3) is 0.636. The molecule has 1 saturated heterocycles. The highest BCUT2D eigenvalue weighted by atomic mass is 16.6. The number of rotatable bonds is 5. The van der Waals surface area contributed by atoms with Crippen LogP contribution in [0.2, 0.25) is 0 Å². The summed E-state index contributed by atoms with van der Waals surface area (Å²) in [5.41, 5.74) is -0.217. The molecule has 0 radical (unpaired) electrons. The molecule has 2 rings (SSSR count). The number of anilines is 1. The minimum absolute atomic E-state index is 0.0100. The van der Waals surface area contributed by atoms with Crippen LogP contribution in [0.4, 0.5) is 11.6 Å². The van der Waals surface area contributed by atoms with E-state index in [1.165, 1.54) is 0 Å². The molecule has 0 saturated carbocycles. The van der Waals surface area contributed by atoms with Crippen LogP contribution in [0.1, 0.15) is 12.8 Å². The third-order valence-corrected chi connectivity index (χ3v) is 2.95. The first-order chi connectivity index (χ1) is 9.20. The van der Waals surface area contributed by atoms with E-state index < -0.39 is 4.92 Å². The van der Waals surface area contributed by atoms with Gasteiger partial charge < -0.3 is 14.8 Å². The monoisotopic (exact) mass is 268 g/mol. The van der Waals surface area contributed by atoms with Crippen molar-refractivity contribution < 1.29 is 14.4 Å². The molecule has 1 N–H and O–H groups in total. The second-order valence-electron chi connectivity index (χ2n) is 4.26. The maximum Gasteiger partial charge on any atom is 0.349 e. The average molecular weight is 268 g/mol. The molecule has 0 aliphatic carbocycles. The minimum atomic E-state index is -0.543. The molecular weight excluding hydrogens is 252 g/mol. The van der Waals surface area contributed by atoms with E-state index in [4.69, 9.17) is 9.47 Å². The lowest BCUT2D eigenvalue weighted by Crippen LogP contribution is -2.22. The molecular formula is C11H16N4O4. The Morgan fingerprint density at radius 1 is 1.58 bits per heavy atom. The van der Waals surface area contributed by atoms with E-state index in [9.17, 15) is 10.1 Å². The number of hydrogen-bond donors (Lipinski definition) is 1. The van der Waals surface area contributed by atoms with Gasteiger partial charge in [-0.2, -0.15) is 4.98 Å². The Morgan fingerprint density at radius 3 is 2.95 bits per heavy atom. The van der Waals surface area contributed by atoms with Crippen LogP contribution in [-0.4, -0.2) is 41.8 Å². The van der Waals surface area contributed by atoms with Gasteiger partial charge in [-0.3, -0.25) is 10.1 Å². The molecule has 0 bridgehead atoms. The van der Waals surface area contributed by atoms with Crippen LogP contribution in [0, 0.1) is 16.0 Å². The molecule has 0 unspecified atom stereocenters. The van der Waals surface area contributed by atoms with Gasteiger partial charge in [0.1, 0.15) is 6.20 Å². The molecule has 0 aromatic carbocycles. The van der Waals surface area contributed by atoms with Gasteiger partial charge in [-0.15, -0.1) is 0 Å². The van der Waals surface area contributed by atoms with E-state index in [0.717, 1.165) is 19.0 Å². The lowest BCUT2D eigenvalue weighted by Gasteiger charge is -2.21. The van der Waals surface area contributed by atoms with Crippen molar-refractivity contribution in [1.82, 2.24) is 9.97 Å². The molecule has 1 fully saturated rings. The lowest BCUT2D eigenvalue weighted by molar-refractivity contribution is -0.386. The summed E-state index contributed by atoms with van der Waals surface area (Å²) >= 11 is 0. The average Bonchev–Trinajstić information content (AvgIpc) is 2.45. The van der Waals surface area contributed by atoms with Gasteiger partial charge in [0, 0.05) is 20.3 Å². The Morgan fingerprint density at radius 2 is 2.32 bits per heavy atom. The molecule has 0 atom stereocenters. The number of nitrogens with one attached hydrogen (secondary N) is 1. The summed E-state index contributed by atoms with van der Waals surface area (Å²) in [6, 6.07) is 0. The number of hydrogen-bond acceptors (Lipinski definition) is 7. The second kappa shape index (κ2) is 6.28. The Hall–Kier alpha value is -1.96. The first-order valence-electron chi connectivity index (χ1n) is 6.10. The summed E-state index contributed by atoms with van der Waals surface area (Å²) in [6.45, 7) is 1.83. The van der Waals surface area contributed by atoms with Gasteiger partial charge in [-0.05, 0) is 18.8 Å². The summed E-state index contributed by atoms with van der Waals surface area (Å²) in [6.07, 6.45) is 2.95. The van der Waals surface area contributed by atoms with Crippen molar-refractivity contribution in [1.29, 1.82) is 0 Å². The van der Waals surface area contributed by atoms with Crippen molar-refractivity contribution in [3.8, 4) is 5.88 Å². The van der Waals surface area contributed by atoms with Gasteiger partial charge in [-0.1, -0.05) is 0 Å². The van der Waals surface area contributed by atoms with Crippen molar-refractivity contribution in [2.24, 2.45) is 5.92 Å². The predicted octanol–water partition coefficient (Wildman–Crippen LogP) is 1.23. The SMILES string of the molecule is CNc1ncc([N+](=O)[O-])c(OCC2CCOCC2)n1. The van der Waals surface area contributed by atoms with Gasteiger partial charge in [0.15, 0.2) is 0 Å². The summed E-state index contributed by atoms with van der Waals surface area (Å²) in [4.78, 5) is 18.1. The Bertz CT molecular complexity index is 448. The maximum atomic E-state index is 10.9. The number of nitrogens with zero attached hydrogens (tertiary/aromatic N) is 3. The Labute approximate surface area is 110 Å². The molecule has 2 heterocycles. The Balaban J connectivity index is 2.06. The minimum Gasteiger partial charge on any atom is -0.472 e. The topological polar surface area (TPSA) is 99.4 Å². The van der Waals surface area contributed by atoms with Crippen LogP contribution < -0.4 is 10.1 Å². The van der Waals surface area contributed by atoms with Crippen molar-refractivity contribution in [2.75, 3.05) is 32.2 Å². The summed E-state index contributed by atoms with van der Waals surface area (Å²) in [5, 5.41) is 13.6. The quantitative estimate of drug-likeness (QED) is 0.633. The fourth-order valence-electron chi connectivity index (χ4n) is 1.82. The predicted molar refractivity (Wildman–Crippen MR) is 67.3 cm³/mol. The smallest absolute Gasteiger partial charge is 0.349 e. The highest BCUT2D eigenvalue weighted by Gasteiger charge is 2.21. The highest BCUT2D eigenvalue weighted by molar-refractivity contribution is 5.42. The van der Waals surface area contributed by atoms with E-state index in [2.05, 4.69) is 15.3 Å². The normalized spacial score (nSPS) is 16.1. The highest BCUT2D eigenvalue weighted by Crippen LogP contribution is 2.26. The molecule has 1 aliphatic heterocycles. The summed E-state index contributed by atoms with van der Waals surface area (Å²) in [7, 11) is 1.64. The summed E-state index contributed by atoms with van der Waals surface area (Å²) in [5.74, 6) is 0.657.